The highest BCUT2D eigenvalue weighted by atomic mass is 16.6. The summed E-state index contributed by atoms with van der Waals surface area (Å²) in [6, 6.07) is 9.40. The Morgan fingerprint density at radius 3 is 2.38 bits per heavy atom. The van der Waals surface area contributed by atoms with Gasteiger partial charge in [-0.3, -0.25) is 25.0 Å². The van der Waals surface area contributed by atoms with Crippen LogP contribution in [0.5, 0.6) is 0 Å². The second-order valence-electron chi connectivity index (χ2n) is 6.40. The summed E-state index contributed by atoms with van der Waals surface area (Å²) in [4.78, 5) is 23.8. The first-order valence-corrected chi connectivity index (χ1v) is 8.60. The minimum atomic E-state index is -0.347. The molecule has 1 saturated heterocycles. The molecule has 1 aliphatic heterocycles. The molecular formula is C19H19N5O2. The molecule has 0 spiro atoms. The second-order valence-corrected chi connectivity index (χ2v) is 6.40. The van der Waals surface area contributed by atoms with Gasteiger partial charge in [-0.15, -0.1) is 0 Å². The van der Waals surface area contributed by atoms with Crippen LogP contribution in [0.25, 0.3) is 10.8 Å². The number of hydrogen-bond acceptors (Lipinski definition) is 6. The molecule has 0 bridgehead atoms. The SMILES string of the molecule is O=[N+]([O-])c1ccc(N2CCN(Cc3ccncc3)CC2)c2ccncc12. The van der Waals surface area contributed by atoms with Crippen LogP contribution < -0.4 is 4.90 Å². The van der Waals surface area contributed by atoms with Crippen molar-refractivity contribution in [3.63, 3.8) is 0 Å². The second kappa shape index (κ2) is 7.05. The molecule has 1 fully saturated rings. The molecule has 0 radical (unpaired) electrons. The zero-order valence-corrected chi connectivity index (χ0v) is 14.3. The molecule has 1 aliphatic rings. The highest BCUT2D eigenvalue weighted by Gasteiger charge is 2.21. The van der Waals surface area contributed by atoms with E-state index in [0.717, 1.165) is 43.8 Å². The monoisotopic (exact) mass is 349 g/mol. The van der Waals surface area contributed by atoms with Gasteiger partial charge in [-0.2, -0.15) is 0 Å². The summed E-state index contributed by atoms with van der Waals surface area (Å²) in [5, 5.41) is 12.7. The summed E-state index contributed by atoms with van der Waals surface area (Å²) in [5.74, 6) is 0. The Hall–Kier alpha value is -3.06. The lowest BCUT2D eigenvalue weighted by Gasteiger charge is -2.36. The van der Waals surface area contributed by atoms with Crippen LogP contribution in [0.2, 0.25) is 0 Å². The Kier molecular flexibility index (Phi) is 4.45. The fourth-order valence-corrected chi connectivity index (χ4v) is 3.49. The van der Waals surface area contributed by atoms with Gasteiger partial charge in [0.1, 0.15) is 0 Å². The van der Waals surface area contributed by atoms with E-state index in [1.165, 1.54) is 5.56 Å². The van der Waals surface area contributed by atoms with Crippen LogP contribution in [0.3, 0.4) is 0 Å². The topological polar surface area (TPSA) is 75.4 Å². The predicted molar refractivity (Wildman–Crippen MR) is 100 cm³/mol. The zero-order valence-electron chi connectivity index (χ0n) is 14.3. The maximum absolute atomic E-state index is 11.3. The van der Waals surface area contributed by atoms with Crippen LogP contribution >= 0.6 is 0 Å². The third-order valence-corrected chi connectivity index (χ3v) is 4.84. The van der Waals surface area contributed by atoms with Crippen LogP contribution in [0.15, 0.2) is 55.1 Å². The van der Waals surface area contributed by atoms with E-state index >= 15 is 0 Å². The maximum Gasteiger partial charge on any atom is 0.278 e. The molecule has 4 rings (SSSR count). The van der Waals surface area contributed by atoms with Crippen molar-refractivity contribution in [1.82, 2.24) is 14.9 Å². The summed E-state index contributed by atoms with van der Waals surface area (Å²) in [7, 11) is 0. The average Bonchev–Trinajstić information content (AvgIpc) is 2.68. The van der Waals surface area contributed by atoms with E-state index in [1.54, 1.807) is 18.5 Å². The molecule has 2 aromatic heterocycles. The molecule has 3 aromatic rings. The van der Waals surface area contributed by atoms with Gasteiger partial charge in [0, 0.05) is 74.7 Å². The summed E-state index contributed by atoms with van der Waals surface area (Å²) < 4.78 is 0. The summed E-state index contributed by atoms with van der Waals surface area (Å²) in [5.41, 5.74) is 2.41. The van der Waals surface area contributed by atoms with E-state index in [9.17, 15) is 10.1 Å². The summed E-state index contributed by atoms with van der Waals surface area (Å²) in [6.07, 6.45) is 6.91. The lowest BCUT2D eigenvalue weighted by atomic mass is 10.1. The van der Waals surface area contributed by atoms with Crippen LogP contribution in [0, 0.1) is 10.1 Å². The van der Waals surface area contributed by atoms with E-state index < -0.39 is 0 Å². The largest absolute Gasteiger partial charge is 0.368 e. The van der Waals surface area contributed by atoms with Gasteiger partial charge in [-0.05, 0) is 29.8 Å². The molecule has 3 heterocycles. The summed E-state index contributed by atoms with van der Waals surface area (Å²) >= 11 is 0. The van der Waals surface area contributed by atoms with Crippen molar-refractivity contribution in [3.05, 3.63) is 70.8 Å². The molecule has 7 nitrogen and oxygen atoms in total. The molecule has 0 amide bonds. The van der Waals surface area contributed by atoms with Crippen molar-refractivity contribution in [2.45, 2.75) is 6.54 Å². The normalized spacial score (nSPS) is 15.3. The number of aromatic nitrogens is 2. The number of nitrogens with zero attached hydrogens (tertiary/aromatic N) is 5. The first kappa shape index (κ1) is 16.4. The Morgan fingerprint density at radius 2 is 1.65 bits per heavy atom. The fourth-order valence-electron chi connectivity index (χ4n) is 3.49. The number of fused-ring (bicyclic) bond motifs is 1. The molecule has 0 aliphatic carbocycles. The maximum atomic E-state index is 11.3. The fraction of sp³-hybridized carbons (Fsp3) is 0.263. The van der Waals surface area contributed by atoms with Gasteiger partial charge in [-0.1, -0.05) is 0 Å². The Bertz CT molecular complexity index is 924. The average molecular weight is 349 g/mol. The first-order chi connectivity index (χ1) is 12.7. The van der Waals surface area contributed by atoms with E-state index in [1.807, 2.05) is 36.7 Å². The number of benzene rings is 1. The molecule has 0 saturated carbocycles. The van der Waals surface area contributed by atoms with Crippen LogP contribution in [-0.4, -0.2) is 46.0 Å². The number of non-ortho nitro benzene ring substituents is 1. The lowest BCUT2D eigenvalue weighted by molar-refractivity contribution is -0.383. The standard InChI is InChI=1S/C19H19N5O2/c25-24(26)19-2-1-18(16-5-8-21-13-17(16)19)23-11-9-22(10-12-23)14-15-3-6-20-7-4-15/h1-8,13H,9-12,14H2. The van der Waals surface area contributed by atoms with Gasteiger partial charge in [0.2, 0.25) is 0 Å². The number of anilines is 1. The highest BCUT2D eigenvalue weighted by Crippen LogP contribution is 2.33. The number of hydrogen-bond donors (Lipinski definition) is 0. The third-order valence-electron chi connectivity index (χ3n) is 4.84. The number of nitro groups is 1. The van der Waals surface area contributed by atoms with E-state index in [0.29, 0.717) is 5.39 Å². The third kappa shape index (κ3) is 3.21. The van der Waals surface area contributed by atoms with E-state index in [2.05, 4.69) is 19.8 Å². The molecule has 0 unspecified atom stereocenters. The van der Waals surface area contributed by atoms with Crippen molar-refractivity contribution >= 4 is 22.1 Å². The lowest BCUT2D eigenvalue weighted by Crippen LogP contribution is -2.46. The number of rotatable bonds is 4. The van der Waals surface area contributed by atoms with Gasteiger partial charge < -0.3 is 4.90 Å². The van der Waals surface area contributed by atoms with Gasteiger partial charge >= 0.3 is 0 Å². The van der Waals surface area contributed by atoms with Crippen molar-refractivity contribution in [1.29, 1.82) is 0 Å². The first-order valence-electron chi connectivity index (χ1n) is 8.60. The van der Waals surface area contributed by atoms with Crippen LogP contribution in [0.1, 0.15) is 5.56 Å². The Morgan fingerprint density at radius 1 is 0.923 bits per heavy atom. The molecule has 0 atom stereocenters. The van der Waals surface area contributed by atoms with E-state index in [-0.39, 0.29) is 10.6 Å². The molecule has 0 N–H and O–H groups in total. The van der Waals surface area contributed by atoms with E-state index in [4.69, 9.17) is 0 Å². The molecule has 1 aromatic carbocycles. The van der Waals surface area contributed by atoms with Crippen molar-refractivity contribution in [2.75, 3.05) is 31.1 Å². The number of pyridine rings is 2. The quantitative estimate of drug-likeness (QED) is 0.532. The summed E-state index contributed by atoms with van der Waals surface area (Å²) in [6.45, 7) is 4.60. The molecule has 7 heteroatoms. The number of nitro benzene ring substituents is 1. The van der Waals surface area contributed by atoms with Gasteiger partial charge in [0.25, 0.3) is 5.69 Å². The Balaban J connectivity index is 1.53. The van der Waals surface area contributed by atoms with Crippen molar-refractivity contribution in [2.24, 2.45) is 0 Å². The molecule has 132 valence electrons. The van der Waals surface area contributed by atoms with Gasteiger partial charge in [-0.25, -0.2) is 0 Å². The van der Waals surface area contributed by atoms with Gasteiger partial charge in [0.15, 0.2) is 0 Å². The van der Waals surface area contributed by atoms with Crippen molar-refractivity contribution in [3.8, 4) is 0 Å². The Labute approximate surface area is 151 Å². The van der Waals surface area contributed by atoms with Crippen LogP contribution in [-0.2, 0) is 6.54 Å². The number of piperazine rings is 1. The zero-order chi connectivity index (χ0) is 17.9. The molecular weight excluding hydrogens is 330 g/mol. The highest BCUT2D eigenvalue weighted by molar-refractivity contribution is 5.99. The molecule has 26 heavy (non-hydrogen) atoms. The minimum absolute atomic E-state index is 0.105. The predicted octanol–water partition coefficient (Wildman–Crippen LogP) is 2.86. The van der Waals surface area contributed by atoms with Crippen LogP contribution in [0.4, 0.5) is 11.4 Å². The smallest absolute Gasteiger partial charge is 0.278 e. The van der Waals surface area contributed by atoms with Gasteiger partial charge in [0.05, 0.1) is 10.3 Å². The van der Waals surface area contributed by atoms with Crippen molar-refractivity contribution < 1.29 is 4.92 Å². The minimum Gasteiger partial charge on any atom is -0.368 e.